The molecule has 2 aromatic carbocycles. The Morgan fingerprint density at radius 2 is 1.69 bits per heavy atom. The number of benzene rings is 2. The molecule has 11 heteroatoms. The van der Waals surface area contributed by atoms with E-state index in [9.17, 15) is 22.4 Å². The minimum atomic E-state index is -3.77. The highest BCUT2D eigenvalue weighted by molar-refractivity contribution is 7.89. The number of amides is 2. The minimum Gasteiger partial charge on any atom is -0.490 e. The van der Waals surface area contributed by atoms with Gasteiger partial charge in [0.2, 0.25) is 10.0 Å². The van der Waals surface area contributed by atoms with Crippen LogP contribution in [0, 0.1) is 11.7 Å². The van der Waals surface area contributed by atoms with Crippen LogP contribution in [0.4, 0.5) is 4.39 Å². The van der Waals surface area contributed by atoms with Gasteiger partial charge in [-0.1, -0.05) is 23.2 Å². The summed E-state index contributed by atoms with van der Waals surface area (Å²) in [5, 5.41) is 0.799. The van der Waals surface area contributed by atoms with E-state index in [-0.39, 0.29) is 35.7 Å². The molecule has 7 nitrogen and oxygen atoms in total. The number of likely N-dealkylation sites (tertiary alicyclic amines) is 1. The van der Waals surface area contributed by atoms with Gasteiger partial charge in [0.1, 0.15) is 0 Å². The molecule has 2 aromatic rings. The van der Waals surface area contributed by atoms with Crippen molar-refractivity contribution in [2.75, 3.05) is 26.0 Å². The van der Waals surface area contributed by atoms with Gasteiger partial charge in [-0.15, -0.1) is 0 Å². The van der Waals surface area contributed by atoms with Crippen LogP contribution in [0.2, 0.25) is 10.0 Å². The third-order valence-electron chi connectivity index (χ3n) is 6.13. The van der Waals surface area contributed by atoms with Crippen molar-refractivity contribution < 1.29 is 27.1 Å². The predicted octanol–water partition coefficient (Wildman–Crippen LogP) is 4.63. The van der Waals surface area contributed by atoms with Gasteiger partial charge in [-0.2, -0.15) is 0 Å². The summed E-state index contributed by atoms with van der Waals surface area (Å²) in [4.78, 5) is 26.9. The molecule has 2 amide bonds. The van der Waals surface area contributed by atoms with Crippen LogP contribution in [0.25, 0.3) is 0 Å². The van der Waals surface area contributed by atoms with E-state index in [2.05, 4.69) is 0 Å². The summed E-state index contributed by atoms with van der Waals surface area (Å²) in [6.07, 6.45) is 3.93. The summed E-state index contributed by atoms with van der Waals surface area (Å²) < 4.78 is 45.3. The average Bonchev–Trinajstić information content (AvgIpc) is 3.61. The molecule has 0 aromatic heterocycles. The predicted molar refractivity (Wildman–Crippen MR) is 131 cm³/mol. The largest absolute Gasteiger partial charge is 0.490 e. The average molecular weight is 543 g/mol. The zero-order chi connectivity index (χ0) is 25.3. The molecule has 0 radical (unpaired) electrons. The Morgan fingerprint density at radius 3 is 2.26 bits per heavy atom. The molecule has 0 spiro atoms. The molecular formula is C24H25Cl2FN2O5S. The summed E-state index contributed by atoms with van der Waals surface area (Å²) in [6.45, 7) is 1.32. The van der Waals surface area contributed by atoms with Crippen molar-refractivity contribution in [1.29, 1.82) is 0 Å². The van der Waals surface area contributed by atoms with Gasteiger partial charge in [0.25, 0.3) is 11.8 Å². The second kappa shape index (κ2) is 10.3. The van der Waals surface area contributed by atoms with Crippen molar-refractivity contribution in [2.45, 2.75) is 31.6 Å². The van der Waals surface area contributed by atoms with E-state index in [0.29, 0.717) is 47.1 Å². The third-order valence-corrected chi connectivity index (χ3v) is 7.12. The van der Waals surface area contributed by atoms with Crippen molar-refractivity contribution in [2.24, 2.45) is 5.92 Å². The number of rotatable bonds is 7. The van der Waals surface area contributed by atoms with Gasteiger partial charge < -0.3 is 9.64 Å². The Hall–Kier alpha value is -2.36. The number of hydrogen-bond donors (Lipinski definition) is 1. The Kier molecular flexibility index (Phi) is 7.59. The van der Waals surface area contributed by atoms with Crippen molar-refractivity contribution in [1.82, 2.24) is 9.62 Å². The second-order valence-corrected chi connectivity index (χ2v) is 11.7. The Labute approximate surface area is 213 Å². The van der Waals surface area contributed by atoms with Crippen molar-refractivity contribution in [3.63, 3.8) is 0 Å². The highest BCUT2D eigenvalue weighted by atomic mass is 35.5. The normalized spacial score (nSPS) is 16.7. The number of piperidine rings is 1. The quantitative estimate of drug-likeness (QED) is 0.550. The Bertz CT molecular complexity index is 1240. The first-order valence-electron chi connectivity index (χ1n) is 11.2. The van der Waals surface area contributed by atoms with Gasteiger partial charge in [-0.3, -0.25) is 9.59 Å². The van der Waals surface area contributed by atoms with Gasteiger partial charge in [0.05, 0.1) is 12.9 Å². The van der Waals surface area contributed by atoms with E-state index in [0.717, 1.165) is 25.2 Å². The van der Waals surface area contributed by atoms with Crippen molar-refractivity contribution >= 4 is 45.0 Å². The molecule has 1 aliphatic heterocycles. The standard InChI is InChI=1S/C24H25Cl2FN2O5S/c1-35(32,33)28-23(30)20-11-21(27)22(12-19(20)15-2-3-15)34-13-14-4-6-29(7-5-14)24(31)16-8-17(25)10-18(26)9-16/h8-12,14-15H,2-7,13H2,1H3,(H,28,30). The topological polar surface area (TPSA) is 92.8 Å². The molecule has 0 unspecified atom stereocenters. The zero-order valence-corrected chi connectivity index (χ0v) is 21.4. The van der Waals surface area contributed by atoms with Crippen LogP contribution >= 0.6 is 23.2 Å². The van der Waals surface area contributed by atoms with Gasteiger partial charge in [-0.05, 0) is 73.4 Å². The molecule has 35 heavy (non-hydrogen) atoms. The molecule has 1 N–H and O–H groups in total. The maximum Gasteiger partial charge on any atom is 0.265 e. The van der Waals surface area contributed by atoms with Crippen LogP contribution in [0.15, 0.2) is 30.3 Å². The highest BCUT2D eigenvalue weighted by Gasteiger charge is 2.31. The summed E-state index contributed by atoms with van der Waals surface area (Å²) in [7, 11) is -3.77. The van der Waals surface area contributed by atoms with Gasteiger partial charge in [0, 0.05) is 34.3 Å². The first-order valence-corrected chi connectivity index (χ1v) is 13.9. The lowest BCUT2D eigenvalue weighted by Crippen LogP contribution is -2.39. The van der Waals surface area contributed by atoms with Gasteiger partial charge in [0.15, 0.2) is 11.6 Å². The van der Waals surface area contributed by atoms with Gasteiger partial charge >= 0.3 is 0 Å². The first-order chi connectivity index (χ1) is 16.5. The maximum atomic E-state index is 14.8. The number of carbonyl (C=O) groups excluding carboxylic acids is 2. The number of sulfonamides is 1. The lowest BCUT2D eigenvalue weighted by molar-refractivity contribution is 0.0659. The monoisotopic (exact) mass is 542 g/mol. The van der Waals surface area contributed by atoms with E-state index in [1.165, 1.54) is 6.07 Å². The fraction of sp³-hybridized carbons (Fsp3) is 0.417. The molecule has 0 atom stereocenters. The van der Waals surface area contributed by atoms with E-state index < -0.39 is 21.7 Å². The Balaban J connectivity index is 1.37. The minimum absolute atomic E-state index is 0.00992. The zero-order valence-electron chi connectivity index (χ0n) is 19.0. The summed E-state index contributed by atoms with van der Waals surface area (Å²) in [6, 6.07) is 7.30. The van der Waals surface area contributed by atoms with Gasteiger partial charge in [-0.25, -0.2) is 17.5 Å². The van der Waals surface area contributed by atoms with Crippen molar-refractivity contribution in [3.05, 3.63) is 62.9 Å². The molecule has 0 bridgehead atoms. The molecule has 4 rings (SSSR count). The molecule has 2 aliphatic rings. The molecule has 1 saturated heterocycles. The SMILES string of the molecule is CS(=O)(=O)NC(=O)c1cc(F)c(OCC2CCN(C(=O)c3cc(Cl)cc(Cl)c3)CC2)cc1C1CC1. The van der Waals surface area contributed by atoms with Crippen molar-refractivity contribution in [3.8, 4) is 5.75 Å². The lowest BCUT2D eigenvalue weighted by Gasteiger charge is -2.32. The molecule has 1 aliphatic carbocycles. The second-order valence-electron chi connectivity index (χ2n) is 9.05. The molecule has 2 fully saturated rings. The van der Waals surface area contributed by atoms with E-state index >= 15 is 0 Å². The smallest absolute Gasteiger partial charge is 0.265 e. The fourth-order valence-corrected chi connectivity index (χ4v) is 5.17. The van der Waals surface area contributed by atoms with E-state index in [1.54, 1.807) is 23.1 Å². The summed E-state index contributed by atoms with van der Waals surface area (Å²) in [5.41, 5.74) is 1.03. The van der Waals surface area contributed by atoms with E-state index in [1.807, 2.05) is 4.72 Å². The van der Waals surface area contributed by atoms with Crippen LogP contribution in [0.3, 0.4) is 0 Å². The van der Waals surface area contributed by atoms with Crippen LogP contribution in [0.1, 0.15) is 57.9 Å². The van der Waals surface area contributed by atoms with E-state index in [4.69, 9.17) is 27.9 Å². The molecular weight excluding hydrogens is 518 g/mol. The number of nitrogens with zero attached hydrogens (tertiary/aromatic N) is 1. The third kappa shape index (κ3) is 6.65. The fourth-order valence-electron chi connectivity index (χ4n) is 4.20. The number of nitrogens with one attached hydrogen (secondary N) is 1. The first kappa shape index (κ1) is 25.7. The summed E-state index contributed by atoms with van der Waals surface area (Å²) in [5.74, 6) is -1.48. The lowest BCUT2D eigenvalue weighted by atomic mass is 9.97. The number of halogens is 3. The number of ether oxygens (including phenoxy) is 1. The maximum absolute atomic E-state index is 14.8. The molecule has 188 valence electrons. The number of carbonyl (C=O) groups is 2. The Morgan fingerprint density at radius 1 is 1.06 bits per heavy atom. The van der Waals surface area contributed by atoms with Crippen LogP contribution in [0.5, 0.6) is 5.75 Å². The molecule has 1 heterocycles. The van der Waals surface area contributed by atoms with Crippen LogP contribution in [-0.2, 0) is 10.0 Å². The highest BCUT2D eigenvalue weighted by Crippen LogP contribution is 2.43. The van der Waals surface area contributed by atoms with Crippen LogP contribution in [-0.4, -0.2) is 51.1 Å². The molecule has 1 saturated carbocycles. The summed E-state index contributed by atoms with van der Waals surface area (Å²) >= 11 is 12.0. The number of hydrogen-bond acceptors (Lipinski definition) is 5. The van der Waals surface area contributed by atoms with Crippen LogP contribution < -0.4 is 9.46 Å².